The van der Waals surface area contributed by atoms with E-state index in [1.54, 1.807) is 0 Å². The van der Waals surface area contributed by atoms with Gasteiger partial charge < -0.3 is 4.89 Å². The van der Waals surface area contributed by atoms with E-state index in [9.17, 15) is 0 Å². The molecule has 1 aliphatic carbocycles. The Bertz CT molecular complexity index is 302. The SMILES string of the molecule is CC=C(CCCCCCCCC)OOOOOOC1CCCCC1. The minimum Gasteiger partial charge on any atom is -0.311 e. The van der Waals surface area contributed by atoms with Crippen molar-refractivity contribution in [3.63, 3.8) is 0 Å². The van der Waals surface area contributed by atoms with Crippen LogP contribution in [0.3, 0.4) is 0 Å². The van der Waals surface area contributed by atoms with Gasteiger partial charge in [-0.3, -0.25) is 0 Å². The van der Waals surface area contributed by atoms with Crippen molar-refractivity contribution in [2.45, 2.75) is 103 Å². The number of allylic oxidation sites excluding steroid dienone is 2. The van der Waals surface area contributed by atoms with Crippen molar-refractivity contribution in [1.82, 2.24) is 0 Å². The van der Waals surface area contributed by atoms with Crippen LogP contribution in [0.4, 0.5) is 0 Å². The molecule has 0 unspecified atom stereocenters. The molecule has 0 aromatic carbocycles. The highest BCUT2D eigenvalue weighted by molar-refractivity contribution is 4.88. The highest BCUT2D eigenvalue weighted by atomic mass is 17.8. The summed E-state index contributed by atoms with van der Waals surface area (Å²) in [5.41, 5.74) is 0. The molecule has 1 saturated carbocycles. The van der Waals surface area contributed by atoms with Crippen LogP contribution in [0, 0.1) is 0 Å². The van der Waals surface area contributed by atoms with Crippen LogP contribution >= 0.6 is 0 Å². The fourth-order valence-corrected chi connectivity index (χ4v) is 2.80. The molecule has 24 heavy (non-hydrogen) atoms. The minimum absolute atomic E-state index is 0.0618. The molecule has 0 spiro atoms. The van der Waals surface area contributed by atoms with Crippen molar-refractivity contribution in [3.8, 4) is 0 Å². The van der Waals surface area contributed by atoms with Crippen molar-refractivity contribution in [1.29, 1.82) is 0 Å². The Morgan fingerprint density at radius 1 is 0.833 bits per heavy atom. The molecule has 6 heteroatoms. The summed E-state index contributed by atoms with van der Waals surface area (Å²) in [7, 11) is 0. The monoisotopic (exact) mass is 346 g/mol. The molecule has 1 aliphatic rings. The Kier molecular flexibility index (Phi) is 14.1. The van der Waals surface area contributed by atoms with Crippen LogP contribution in [-0.2, 0) is 29.9 Å². The van der Waals surface area contributed by atoms with Gasteiger partial charge in [0.25, 0.3) is 0 Å². The Labute approximate surface area is 146 Å². The summed E-state index contributed by atoms with van der Waals surface area (Å²) in [4.78, 5) is 10.0. The second kappa shape index (κ2) is 15.8. The molecule has 1 rings (SSSR count). The van der Waals surface area contributed by atoms with Crippen LogP contribution in [0.2, 0.25) is 0 Å². The summed E-state index contributed by atoms with van der Waals surface area (Å²) in [6.45, 7) is 4.12. The first-order valence-corrected chi connectivity index (χ1v) is 9.52. The van der Waals surface area contributed by atoms with Gasteiger partial charge in [0.05, 0.1) is 6.10 Å². The lowest BCUT2D eigenvalue weighted by molar-refractivity contribution is -0.756. The molecule has 0 bridgehead atoms. The van der Waals surface area contributed by atoms with Crippen molar-refractivity contribution < 1.29 is 29.9 Å². The van der Waals surface area contributed by atoms with E-state index in [0.717, 1.165) is 38.5 Å². The summed E-state index contributed by atoms with van der Waals surface area (Å²) < 4.78 is 0. The van der Waals surface area contributed by atoms with E-state index in [1.165, 1.54) is 44.9 Å². The van der Waals surface area contributed by atoms with Gasteiger partial charge in [0, 0.05) is 16.5 Å². The van der Waals surface area contributed by atoms with Gasteiger partial charge >= 0.3 is 0 Å². The zero-order valence-corrected chi connectivity index (χ0v) is 15.3. The molecular weight excluding hydrogens is 312 g/mol. The van der Waals surface area contributed by atoms with Gasteiger partial charge in [0.2, 0.25) is 0 Å². The second-order valence-electron chi connectivity index (χ2n) is 6.34. The topological polar surface area (TPSA) is 55.4 Å². The average Bonchev–Trinajstić information content (AvgIpc) is 2.63. The molecular formula is C18H34O6. The van der Waals surface area contributed by atoms with E-state index in [-0.39, 0.29) is 6.10 Å². The lowest BCUT2D eigenvalue weighted by Crippen LogP contribution is -2.17. The summed E-state index contributed by atoms with van der Waals surface area (Å²) in [5.74, 6) is 0.709. The molecule has 0 N–H and O–H groups in total. The Balaban J connectivity index is 1.88. The predicted octanol–water partition coefficient (Wildman–Crippen LogP) is 6.04. The fraction of sp³-hybridized carbons (Fsp3) is 0.889. The van der Waals surface area contributed by atoms with Gasteiger partial charge in [-0.2, -0.15) is 0 Å². The highest BCUT2D eigenvalue weighted by Crippen LogP contribution is 2.20. The number of rotatable bonds is 15. The van der Waals surface area contributed by atoms with E-state index < -0.39 is 0 Å². The average molecular weight is 346 g/mol. The number of hydrogen-bond donors (Lipinski definition) is 0. The normalized spacial score (nSPS) is 16.5. The Hall–Kier alpha value is -0.660. The van der Waals surface area contributed by atoms with Crippen LogP contribution < -0.4 is 0 Å². The van der Waals surface area contributed by atoms with Crippen LogP contribution in [0.25, 0.3) is 0 Å². The van der Waals surface area contributed by atoms with E-state index in [4.69, 9.17) is 9.78 Å². The number of unbranched alkanes of at least 4 members (excludes halogenated alkanes) is 6. The largest absolute Gasteiger partial charge is 0.311 e. The smallest absolute Gasteiger partial charge is 0.141 e. The third-order valence-electron chi connectivity index (χ3n) is 4.30. The fourth-order valence-electron chi connectivity index (χ4n) is 2.80. The quantitative estimate of drug-likeness (QED) is 0.156. The molecule has 142 valence electrons. The lowest BCUT2D eigenvalue weighted by Gasteiger charge is -2.18. The lowest BCUT2D eigenvalue weighted by atomic mass is 9.98. The van der Waals surface area contributed by atoms with Crippen molar-refractivity contribution in [3.05, 3.63) is 11.8 Å². The maximum Gasteiger partial charge on any atom is 0.141 e. The summed E-state index contributed by atoms with van der Waals surface area (Å²) in [6, 6.07) is 0. The standard InChI is InChI=1S/C18H34O6/c1-3-5-6-7-8-9-11-14-17(4-2)19-21-23-24-22-20-18-15-12-10-13-16-18/h4,18H,3,5-16H2,1-2H3. The van der Waals surface area contributed by atoms with Gasteiger partial charge in [0.1, 0.15) is 5.76 Å². The van der Waals surface area contributed by atoms with Gasteiger partial charge in [-0.05, 0) is 42.3 Å². The molecule has 0 aromatic heterocycles. The number of hydrogen-bond acceptors (Lipinski definition) is 6. The second-order valence-corrected chi connectivity index (χ2v) is 6.34. The van der Waals surface area contributed by atoms with Gasteiger partial charge in [-0.15, -0.1) is 0 Å². The summed E-state index contributed by atoms with van der Waals surface area (Å²) >= 11 is 0. The first-order chi connectivity index (χ1) is 11.9. The van der Waals surface area contributed by atoms with Crippen molar-refractivity contribution in [2.75, 3.05) is 0 Å². The zero-order chi connectivity index (χ0) is 17.3. The maximum atomic E-state index is 5.04. The van der Waals surface area contributed by atoms with E-state index in [1.807, 2.05) is 13.0 Å². The van der Waals surface area contributed by atoms with Crippen molar-refractivity contribution in [2.24, 2.45) is 0 Å². The van der Waals surface area contributed by atoms with E-state index in [0.29, 0.717) is 5.76 Å². The summed E-state index contributed by atoms with van der Waals surface area (Å²) in [5, 5.41) is 17.6. The summed E-state index contributed by atoms with van der Waals surface area (Å²) in [6.07, 6.45) is 17.0. The molecule has 6 nitrogen and oxygen atoms in total. The van der Waals surface area contributed by atoms with Gasteiger partial charge in [-0.25, -0.2) is 4.89 Å². The molecule has 0 heterocycles. The van der Waals surface area contributed by atoms with Crippen LogP contribution in [-0.4, -0.2) is 6.10 Å². The molecule has 0 radical (unpaired) electrons. The highest BCUT2D eigenvalue weighted by Gasteiger charge is 2.15. The van der Waals surface area contributed by atoms with Crippen molar-refractivity contribution >= 4 is 0 Å². The molecule has 0 aromatic rings. The third-order valence-corrected chi connectivity index (χ3v) is 4.30. The predicted molar refractivity (Wildman–Crippen MR) is 89.8 cm³/mol. The molecule has 0 saturated heterocycles. The Morgan fingerprint density at radius 2 is 1.50 bits per heavy atom. The zero-order valence-electron chi connectivity index (χ0n) is 15.3. The minimum atomic E-state index is 0.0618. The first-order valence-electron chi connectivity index (χ1n) is 9.52. The Morgan fingerprint density at radius 3 is 2.21 bits per heavy atom. The maximum absolute atomic E-state index is 5.04. The van der Waals surface area contributed by atoms with Gasteiger partial charge in [0.15, 0.2) is 0 Å². The van der Waals surface area contributed by atoms with Crippen LogP contribution in [0.15, 0.2) is 11.8 Å². The third kappa shape index (κ3) is 11.8. The van der Waals surface area contributed by atoms with Crippen LogP contribution in [0.5, 0.6) is 0 Å². The molecule has 1 fully saturated rings. The van der Waals surface area contributed by atoms with Crippen LogP contribution in [0.1, 0.15) is 97.3 Å². The molecule has 0 amide bonds. The van der Waals surface area contributed by atoms with E-state index >= 15 is 0 Å². The molecule has 0 atom stereocenters. The molecule has 0 aliphatic heterocycles. The van der Waals surface area contributed by atoms with Gasteiger partial charge in [-0.1, -0.05) is 64.7 Å². The van der Waals surface area contributed by atoms with E-state index in [2.05, 4.69) is 27.1 Å². The first kappa shape index (κ1) is 21.4.